The van der Waals surface area contributed by atoms with Crippen molar-refractivity contribution in [3.05, 3.63) is 101 Å². The SMILES string of the molecule is COC(=O)C1=C(C(=O)OC)N(c2ccccc2C(=O)N2CCN(C(=O)c3ccccc3)CC2)C=CC=C1. The Morgan fingerprint density at radius 3 is 1.95 bits per heavy atom. The van der Waals surface area contributed by atoms with Gasteiger partial charge in [-0.05, 0) is 36.4 Å². The third kappa shape index (κ3) is 5.30. The Morgan fingerprint density at radius 2 is 1.30 bits per heavy atom. The van der Waals surface area contributed by atoms with Crippen LogP contribution in [0, 0.1) is 0 Å². The number of esters is 2. The normalized spacial score (nSPS) is 15.4. The molecule has 1 saturated heterocycles. The first-order chi connectivity index (χ1) is 18.0. The number of allylic oxidation sites excluding steroid dienone is 2. The van der Waals surface area contributed by atoms with Crippen LogP contribution in [0.4, 0.5) is 5.69 Å². The van der Waals surface area contributed by atoms with Crippen LogP contribution in [0.1, 0.15) is 20.7 Å². The number of methoxy groups -OCH3 is 2. The molecule has 0 aliphatic carbocycles. The molecule has 2 aliphatic heterocycles. The van der Waals surface area contributed by atoms with Gasteiger partial charge in [-0.1, -0.05) is 36.4 Å². The maximum Gasteiger partial charge on any atom is 0.355 e. The molecule has 0 bridgehead atoms. The van der Waals surface area contributed by atoms with E-state index >= 15 is 0 Å². The molecule has 0 unspecified atom stereocenters. The topological polar surface area (TPSA) is 96.5 Å². The van der Waals surface area contributed by atoms with E-state index in [9.17, 15) is 19.2 Å². The molecular weight excluding hydrogens is 474 g/mol. The second-order valence-corrected chi connectivity index (χ2v) is 8.28. The predicted octanol–water partition coefficient (Wildman–Crippen LogP) is 2.77. The number of hydrogen-bond acceptors (Lipinski definition) is 7. The average molecular weight is 502 g/mol. The van der Waals surface area contributed by atoms with E-state index in [-0.39, 0.29) is 23.1 Å². The molecule has 1 fully saturated rings. The lowest BCUT2D eigenvalue weighted by Gasteiger charge is -2.35. The molecule has 190 valence electrons. The summed E-state index contributed by atoms with van der Waals surface area (Å²) in [4.78, 5) is 56.6. The number of anilines is 1. The molecule has 2 amide bonds. The minimum Gasteiger partial charge on any atom is -0.465 e. The fraction of sp³-hybridized carbons (Fsp3) is 0.214. The van der Waals surface area contributed by atoms with Gasteiger partial charge >= 0.3 is 11.9 Å². The smallest absolute Gasteiger partial charge is 0.355 e. The molecule has 2 aliphatic rings. The van der Waals surface area contributed by atoms with Gasteiger partial charge in [0.15, 0.2) is 0 Å². The molecule has 9 nitrogen and oxygen atoms in total. The molecule has 0 spiro atoms. The highest BCUT2D eigenvalue weighted by molar-refractivity contribution is 6.08. The molecule has 0 N–H and O–H groups in total. The number of nitrogens with zero attached hydrogens (tertiary/aromatic N) is 3. The van der Waals surface area contributed by atoms with Crippen molar-refractivity contribution in [3.8, 4) is 0 Å². The standard InChI is InChI=1S/C28H27N3O6/c1-36-27(34)22-13-8-9-15-31(24(22)28(35)37-2)23-14-7-6-12-21(23)26(33)30-18-16-29(17-19-30)25(32)20-10-4-3-5-11-20/h3-15H,16-19H2,1-2H3. The third-order valence-corrected chi connectivity index (χ3v) is 6.16. The van der Waals surface area contributed by atoms with Crippen LogP contribution in [0.25, 0.3) is 0 Å². The van der Waals surface area contributed by atoms with Gasteiger partial charge < -0.3 is 24.2 Å². The van der Waals surface area contributed by atoms with E-state index in [4.69, 9.17) is 9.47 Å². The number of para-hydroxylation sites is 1. The lowest BCUT2D eigenvalue weighted by atomic mass is 10.1. The third-order valence-electron chi connectivity index (χ3n) is 6.16. The lowest BCUT2D eigenvalue weighted by molar-refractivity contribution is -0.139. The number of amides is 2. The molecule has 0 saturated carbocycles. The number of piperazine rings is 1. The Hall–Kier alpha value is -4.66. The molecule has 0 aromatic heterocycles. The lowest BCUT2D eigenvalue weighted by Crippen LogP contribution is -2.50. The van der Waals surface area contributed by atoms with Gasteiger partial charge in [-0.25, -0.2) is 9.59 Å². The summed E-state index contributed by atoms with van der Waals surface area (Å²) in [5.74, 6) is -1.80. The van der Waals surface area contributed by atoms with Crippen LogP contribution in [0.15, 0.2) is 90.3 Å². The van der Waals surface area contributed by atoms with Crippen molar-refractivity contribution < 1.29 is 28.7 Å². The summed E-state index contributed by atoms with van der Waals surface area (Å²) in [5, 5.41) is 0. The van der Waals surface area contributed by atoms with Crippen molar-refractivity contribution in [1.82, 2.24) is 9.80 Å². The first kappa shape index (κ1) is 25.4. The number of carbonyl (C=O) groups is 4. The Balaban J connectivity index is 1.61. The maximum atomic E-state index is 13.6. The Labute approximate surface area is 214 Å². The van der Waals surface area contributed by atoms with Gasteiger partial charge in [0.1, 0.15) is 5.70 Å². The quantitative estimate of drug-likeness (QED) is 0.582. The van der Waals surface area contributed by atoms with Crippen LogP contribution in [0.2, 0.25) is 0 Å². The zero-order valence-electron chi connectivity index (χ0n) is 20.6. The van der Waals surface area contributed by atoms with Crippen molar-refractivity contribution in [2.45, 2.75) is 0 Å². The molecule has 37 heavy (non-hydrogen) atoms. The van der Waals surface area contributed by atoms with E-state index in [0.717, 1.165) is 0 Å². The summed E-state index contributed by atoms with van der Waals surface area (Å²) < 4.78 is 9.83. The molecule has 0 atom stereocenters. The van der Waals surface area contributed by atoms with Gasteiger partial charge in [0.05, 0.1) is 31.0 Å². The van der Waals surface area contributed by atoms with Gasteiger partial charge in [0, 0.05) is 37.9 Å². The molecule has 9 heteroatoms. The van der Waals surface area contributed by atoms with Gasteiger partial charge in [0.2, 0.25) is 0 Å². The number of rotatable bonds is 5. The highest BCUT2D eigenvalue weighted by Gasteiger charge is 2.31. The van der Waals surface area contributed by atoms with Gasteiger partial charge in [-0.2, -0.15) is 0 Å². The second-order valence-electron chi connectivity index (χ2n) is 8.28. The monoisotopic (exact) mass is 501 g/mol. The van der Waals surface area contributed by atoms with E-state index in [1.165, 1.54) is 25.2 Å². The van der Waals surface area contributed by atoms with Crippen molar-refractivity contribution >= 4 is 29.4 Å². The van der Waals surface area contributed by atoms with Crippen molar-refractivity contribution in [3.63, 3.8) is 0 Å². The van der Waals surface area contributed by atoms with Crippen molar-refractivity contribution in [1.29, 1.82) is 0 Å². The zero-order chi connectivity index (χ0) is 26.4. The largest absolute Gasteiger partial charge is 0.465 e. The summed E-state index contributed by atoms with van der Waals surface area (Å²) in [6, 6.07) is 15.9. The molecule has 2 heterocycles. The molecule has 2 aromatic carbocycles. The van der Waals surface area contributed by atoms with Crippen LogP contribution in [0.5, 0.6) is 0 Å². The van der Waals surface area contributed by atoms with Gasteiger partial charge in [-0.3, -0.25) is 9.59 Å². The first-order valence-electron chi connectivity index (χ1n) is 11.7. The zero-order valence-corrected chi connectivity index (χ0v) is 20.6. The Bertz CT molecular complexity index is 1290. The minimum atomic E-state index is -0.758. The number of carbonyl (C=O) groups excluding carboxylic acids is 4. The van der Waals surface area contributed by atoms with Crippen LogP contribution in [-0.4, -0.2) is 74.0 Å². The highest BCUT2D eigenvalue weighted by atomic mass is 16.5. The molecular formula is C28H27N3O6. The van der Waals surface area contributed by atoms with E-state index in [2.05, 4.69) is 0 Å². The predicted molar refractivity (Wildman–Crippen MR) is 137 cm³/mol. The summed E-state index contributed by atoms with van der Waals surface area (Å²) in [6.45, 7) is 1.51. The maximum absolute atomic E-state index is 13.6. The fourth-order valence-electron chi connectivity index (χ4n) is 4.26. The summed E-state index contributed by atoms with van der Waals surface area (Å²) >= 11 is 0. The first-order valence-corrected chi connectivity index (χ1v) is 11.7. The number of ether oxygens (including phenoxy) is 2. The van der Waals surface area contributed by atoms with E-state index in [1.807, 2.05) is 18.2 Å². The van der Waals surface area contributed by atoms with E-state index in [1.54, 1.807) is 64.6 Å². The van der Waals surface area contributed by atoms with Crippen LogP contribution in [0.3, 0.4) is 0 Å². The molecule has 0 radical (unpaired) electrons. The van der Waals surface area contributed by atoms with E-state index in [0.29, 0.717) is 43.0 Å². The Kier molecular flexibility index (Phi) is 7.83. The molecule has 4 rings (SSSR count). The van der Waals surface area contributed by atoms with Crippen molar-refractivity contribution in [2.24, 2.45) is 0 Å². The number of hydrogen-bond donors (Lipinski definition) is 0. The number of benzene rings is 2. The minimum absolute atomic E-state index is 0.00496. The van der Waals surface area contributed by atoms with Crippen LogP contribution < -0.4 is 4.90 Å². The van der Waals surface area contributed by atoms with Gasteiger partial charge in [0.25, 0.3) is 11.8 Å². The fourth-order valence-corrected chi connectivity index (χ4v) is 4.26. The molecule has 2 aromatic rings. The second kappa shape index (κ2) is 11.4. The van der Waals surface area contributed by atoms with E-state index < -0.39 is 11.9 Å². The van der Waals surface area contributed by atoms with Gasteiger partial charge in [-0.15, -0.1) is 0 Å². The average Bonchev–Trinajstić information content (AvgIpc) is 3.19. The summed E-state index contributed by atoms with van der Waals surface area (Å²) in [7, 11) is 2.44. The summed E-state index contributed by atoms with van der Waals surface area (Å²) in [5.41, 5.74) is 1.27. The van der Waals surface area contributed by atoms with Crippen LogP contribution >= 0.6 is 0 Å². The Morgan fingerprint density at radius 1 is 0.703 bits per heavy atom. The van der Waals surface area contributed by atoms with Crippen molar-refractivity contribution in [2.75, 3.05) is 45.3 Å². The van der Waals surface area contributed by atoms with Crippen LogP contribution in [-0.2, 0) is 19.1 Å². The summed E-state index contributed by atoms with van der Waals surface area (Å²) in [6.07, 6.45) is 6.29. The highest BCUT2D eigenvalue weighted by Crippen LogP contribution is 2.30.